The van der Waals surface area contributed by atoms with Crippen LogP contribution in [0.4, 0.5) is 18.9 Å². The highest BCUT2D eigenvalue weighted by molar-refractivity contribution is 8.00. The van der Waals surface area contributed by atoms with E-state index < -0.39 is 34.1 Å². The fraction of sp³-hybridized carbons (Fsp3) is 0.500. The van der Waals surface area contributed by atoms with Crippen molar-refractivity contribution in [2.24, 2.45) is 0 Å². The van der Waals surface area contributed by atoms with Crippen LogP contribution in [-0.2, 0) is 19.6 Å². The van der Waals surface area contributed by atoms with Crippen molar-refractivity contribution < 1.29 is 31.2 Å². The number of benzene rings is 1. The Kier molecular flexibility index (Phi) is 6.99. The maximum atomic E-state index is 12.9. The van der Waals surface area contributed by atoms with Crippen LogP contribution in [0.3, 0.4) is 0 Å². The molecule has 2 rings (SSSR count). The predicted octanol–water partition coefficient (Wildman–Crippen LogP) is 2.17. The molecule has 2 atom stereocenters. The largest absolute Gasteiger partial charge is 0.471 e. The number of halogens is 3. The summed E-state index contributed by atoms with van der Waals surface area (Å²) < 4.78 is 63.7. The number of hydrogen-bond donors (Lipinski definition) is 2. The predicted molar refractivity (Wildman–Crippen MR) is 99.2 cm³/mol. The van der Waals surface area contributed by atoms with Gasteiger partial charge in [0.25, 0.3) is 0 Å². The Morgan fingerprint density at radius 1 is 1.29 bits per heavy atom. The van der Waals surface area contributed by atoms with Gasteiger partial charge in [-0.25, -0.2) is 8.42 Å². The molecule has 1 aromatic carbocycles. The zero-order chi connectivity index (χ0) is 21.1. The zero-order valence-corrected chi connectivity index (χ0v) is 16.7. The van der Waals surface area contributed by atoms with Crippen LogP contribution in [0.1, 0.15) is 20.3 Å². The van der Waals surface area contributed by atoms with Crippen molar-refractivity contribution >= 4 is 39.3 Å². The Morgan fingerprint density at radius 2 is 1.89 bits per heavy atom. The van der Waals surface area contributed by atoms with E-state index >= 15 is 0 Å². The highest BCUT2D eigenvalue weighted by Crippen LogP contribution is 2.29. The van der Waals surface area contributed by atoms with Crippen molar-refractivity contribution in [3.8, 4) is 0 Å². The lowest BCUT2D eigenvalue weighted by atomic mass is 10.2. The molecule has 1 fully saturated rings. The Labute approximate surface area is 165 Å². The molecule has 1 heterocycles. The molecule has 0 bridgehead atoms. The van der Waals surface area contributed by atoms with Crippen LogP contribution in [0.5, 0.6) is 0 Å². The number of alkyl halides is 3. The molecule has 0 spiro atoms. The van der Waals surface area contributed by atoms with Crippen LogP contribution < -0.4 is 10.6 Å². The molecule has 2 N–H and O–H groups in total. The standard InChI is InChI=1S/C16H20F3N3O4S2/c1-3-10(2)20-14(23)13-8-27-9-22(13)28(25,26)12-6-4-11(5-7-12)21-15(24)16(17,18)19/h4-7,10,13H,3,8-9H2,1-2H3,(H,20,23)(H,21,24). The Hall–Kier alpha value is -1.79. The first-order chi connectivity index (χ1) is 13.0. The first kappa shape index (κ1) is 22.5. The molecule has 2 unspecified atom stereocenters. The fourth-order valence-corrected chi connectivity index (χ4v) is 5.51. The van der Waals surface area contributed by atoms with E-state index in [1.54, 1.807) is 5.32 Å². The number of carbonyl (C=O) groups excluding carboxylic acids is 2. The topological polar surface area (TPSA) is 95.6 Å². The van der Waals surface area contributed by atoms with Crippen molar-refractivity contribution in [3.63, 3.8) is 0 Å². The summed E-state index contributed by atoms with van der Waals surface area (Å²) in [4.78, 5) is 23.2. The normalized spacial score (nSPS) is 19.2. The van der Waals surface area contributed by atoms with Crippen molar-refractivity contribution in [1.29, 1.82) is 0 Å². The van der Waals surface area contributed by atoms with Gasteiger partial charge in [-0.3, -0.25) is 9.59 Å². The SMILES string of the molecule is CCC(C)NC(=O)C1CSCN1S(=O)(=O)c1ccc(NC(=O)C(F)(F)F)cc1. The second kappa shape index (κ2) is 8.70. The summed E-state index contributed by atoms with van der Waals surface area (Å²) in [7, 11) is -4.03. The van der Waals surface area contributed by atoms with Crippen LogP contribution in [-0.4, -0.2) is 54.4 Å². The summed E-state index contributed by atoms with van der Waals surface area (Å²) in [5, 5.41) is 4.40. The van der Waals surface area contributed by atoms with Crippen LogP contribution in [0.25, 0.3) is 0 Å². The number of rotatable bonds is 6. The maximum Gasteiger partial charge on any atom is 0.471 e. The highest BCUT2D eigenvalue weighted by Gasteiger charge is 2.41. The summed E-state index contributed by atoms with van der Waals surface area (Å²) in [6.07, 6.45) is -4.35. The van der Waals surface area contributed by atoms with Gasteiger partial charge < -0.3 is 10.6 Å². The summed E-state index contributed by atoms with van der Waals surface area (Å²) in [5.74, 6) is -2.15. The van der Waals surface area contributed by atoms with Gasteiger partial charge in [-0.1, -0.05) is 6.92 Å². The lowest BCUT2D eigenvalue weighted by Gasteiger charge is -2.24. The van der Waals surface area contributed by atoms with Gasteiger partial charge in [0, 0.05) is 17.5 Å². The average molecular weight is 439 g/mol. The molecular formula is C16H20F3N3O4S2. The van der Waals surface area contributed by atoms with Gasteiger partial charge in [0.1, 0.15) is 6.04 Å². The van der Waals surface area contributed by atoms with Gasteiger partial charge in [-0.05, 0) is 37.6 Å². The molecule has 1 aromatic rings. The molecule has 12 heteroatoms. The second-order valence-electron chi connectivity index (χ2n) is 6.20. The number of carbonyl (C=O) groups is 2. The molecule has 0 aliphatic carbocycles. The van der Waals surface area contributed by atoms with Gasteiger partial charge in [-0.2, -0.15) is 17.5 Å². The molecule has 7 nitrogen and oxygen atoms in total. The number of amides is 2. The quantitative estimate of drug-likeness (QED) is 0.708. The van der Waals surface area contributed by atoms with Gasteiger partial charge >= 0.3 is 12.1 Å². The van der Waals surface area contributed by atoms with Crippen LogP contribution in [0.2, 0.25) is 0 Å². The fourth-order valence-electron chi connectivity index (χ4n) is 2.36. The summed E-state index contributed by atoms with van der Waals surface area (Å²) in [6, 6.07) is 3.34. The van der Waals surface area contributed by atoms with E-state index in [0.717, 1.165) is 28.6 Å². The van der Waals surface area contributed by atoms with Crippen LogP contribution in [0.15, 0.2) is 29.2 Å². The van der Waals surface area contributed by atoms with E-state index in [9.17, 15) is 31.2 Å². The smallest absolute Gasteiger partial charge is 0.352 e. The van der Waals surface area contributed by atoms with E-state index in [2.05, 4.69) is 5.32 Å². The van der Waals surface area contributed by atoms with Crippen molar-refractivity contribution in [2.45, 2.75) is 43.4 Å². The van der Waals surface area contributed by atoms with Crippen molar-refractivity contribution in [3.05, 3.63) is 24.3 Å². The molecule has 1 aliphatic heterocycles. The third-order valence-corrected chi connectivity index (χ3v) is 7.17. The molecule has 0 radical (unpaired) electrons. The number of anilines is 1. The number of sulfonamides is 1. The molecular weight excluding hydrogens is 419 g/mol. The Bertz CT molecular complexity index is 829. The number of nitrogens with one attached hydrogen (secondary N) is 2. The average Bonchev–Trinajstić information content (AvgIpc) is 3.12. The second-order valence-corrected chi connectivity index (χ2v) is 9.09. The summed E-state index contributed by atoms with van der Waals surface area (Å²) >= 11 is 1.29. The third-order valence-electron chi connectivity index (χ3n) is 4.12. The van der Waals surface area contributed by atoms with E-state index in [-0.39, 0.29) is 22.5 Å². The van der Waals surface area contributed by atoms with Gasteiger partial charge in [-0.15, -0.1) is 11.8 Å². The lowest BCUT2D eigenvalue weighted by molar-refractivity contribution is -0.167. The number of thioether (sulfide) groups is 1. The summed E-state index contributed by atoms with van der Waals surface area (Å²) in [5.41, 5.74) is -0.192. The lowest BCUT2D eigenvalue weighted by Crippen LogP contribution is -2.49. The van der Waals surface area contributed by atoms with E-state index in [1.807, 2.05) is 13.8 Å². The molecule has 28 heavy (non-hydrogen) atoms. The van der Waals surface area contributed by atoms with Gasteiger partial charge in [0.05, 0.1) is 10.8 Å². The maximum absolute atomic E-state index is 12.9. The Balaban J connectivity index is 2.17. The van der Waals surface area contributed by atoms with Crippen LogP contribution >= 0.6 is 11.8 Å². The van der Waals surface area contributed by atoms with Crippen LogP contribution in [0, 0.1) is 0 Å². The minimum atomic E-state index is -5.05. The van der Waals surface area contributed by atoms with Gasteiger partial charge in [0.15, 0.2) is 0 Å². The van der Waals surface area contributed by atoms with Crippen molar-refractivity contribution in [1.82, 2.24) is 9.62 Å². The first-order valence-electron chi connectivity index (χ1n) is 8.35. The summed E-state index contributed by atoms with van der Waals surface area (Å²) in [6.45, 7) is 3.70. The van der Waals surface area contributed by atoms with Gasteiger partial charge in [0.2, 0.25) is 15.9 Å². The molecule has 1 saturated heterocycles. The van der Waals surface area contributed by atoms with E-state index in [1.165, 1.54) is 11.8 Å². The highest BCUT2D eigenvalue weighted by atomic mass is 32.2. The Morgan fingerprint density at radius 3 is 2.43 bits per heavy atom. The molecule has 156 valence electrons. The first-order valence-corrected chi connectivity index (χ1v) is 10.9. The molecule has 0 aromatic heterocycles. The third kappa shape index (κ3) is 5.17. The monoisotopic (exact) mass is 439 g/mol. The minimum absolute atomic E-state index is 0.0908. The molecule has 2 amide bonds. The van der Waals surface area contributed by atoms with Crippen molar-refractivity contribution in [2.75, 3.05) is 16.9 Å². The van der Waals surface area contributed by atoms with E-state index in [0.29, 0.717) is 12.2 Å². The minimum Gasteiger partial charge on any atom is -0.352 e. The van der Waals surface area contributed by atoms with E-state index in [4.69, 9.17) is 0 Å². The molecule has 0 saturated carbocycles. The molecule has 1 aliphatic rings. The zero-order valence-electron chi connectivity index (χ0n) is 15.1. The number of hydrogen-bond acceptors (Lipinski definition) is 5. The number of nitrogens with zero attached hydrogens (tertiary/aromatic N) is 1.